The number of carbonyl (C=O) groups excluding carboxylic acids is 2. The highest BCUT2D eigenvalue weighted by molar-refractivity contribution is 7.12. The van der Waals surface area contributed by atoms with Crippen LogP contribution in [0, 0.1) is 10.1 Å². The highest BCUT2D eigenvalue weighted by Crippen LogP contribution is 2.25. The van der Waals surface area contributed by atoms with Gasteiger partial charge in [-0.05, 0) is 47.3 Å². The van der Waals surface area contributed by atoms with E-state index >= 15 is 0 Å². The van der Waals surface area contributed by atoms with Gasteiger partial charge in [0, 0.05) is 6.07 Å². The molecule has 0 spiro atoms. The van der Waals surface area contributed by atoms with Gasteiger partial charge in [-0.3, -0.25) is 14.9 Å². The van der Waals surface area contributed by atoms with E-state index in [1.807, 2.05) is 0 Å². The fraction of sp³-hybridized carbons (Fsp3) is 0.0500. The maximum Gasteiger partial charge on any atom is 0.353 e. The number of carbonyl (C=O) groups is 2. The van der Waals surface area contributed by atoms with Crippen LogP contribution in [0.3, 0.4) is 0 Å². The van der Waals surface area contributed by atoms with Gasteiger partial charge in [0.15, 0.2) is 12.4 Å². The number of para-hydroxylation sites is 2. The van der Waals surface area contributed by atoms with Crippen molar-refractivity contribution in [2.24, 2.45) is 5.10 Å². The molecule has 3 aromatic rings. The highest BCUT2D eigenvalue weighted by atomic mass is 32.1. The highest BCUT2D eigenvalue weighted by Gasteiger charge is 2.14. The smallest absolute Gasteiger partial charge is 0.353 e. The summed E-state index contributed by atoms with van der Waals surface area (Å²) >= 11 is 1.29. The van der Waals surface area contributed by atoms with Crippen LogP contribution in [0.1, 0.15) is 15.2 Å². The second-order valence-corrected chi connectivity index (χ2v) is 6.69. The molecule has 0 radical (unpaired) electrons. The molecule has 152 valence electrons. The maximum absolute atomic E-state index is 11.9. The summed E-state index contributed by atoms with van der Waals surface area (Å²) in [6, 6.07) is 15.7. The number of esters is 1. The molecule has 0 aliphatic rings. The van der Waals surface area contributed by atoms with Crippen molar-refractivity contribution < 1.29 is 24.0 Å². The molecule has 0 bridgehead atoms. The van der Waals surface area contributed by atoms with Crippen LogP contribution in [-0.2, 0) is 4.79 Å². The summed E-state index contributed by atoms with van der Waals surface area (Å²) in [5.41, 5.74) is 2.70. The fourth-order valence-corrected chi connectivity index (χ4v) is 2.86. The number of ether oxygens (including phenoxy) is 2. The second-order valence-electron chi connectivity index (χ2n) is 5.74. The van der Waals surface area contributed by atoms with Gasteiger partial charge >= 0.3 is 11.7 Å². The molecule has 0 fully saturated rings. The van der Waals surface area contributed by atoms with Crippen molar-refractivity contribution >= 4 is 35.1 Å². The Morgan fingerprint density at radius 1 is 1.10 bits per heavy atom. The Morgan fingerprint density at radius 3 is 2.57 bits per heavy atom. The van der Waals surface area contributed by atoms with E-state index in [2.05, 4.69) is 10.5 Å². The van der Waals surface area contributed by atoms with Crippen molar-refractivity contribution in [1.82, 2.24) is 5.43 Å². The van der Waals surface area contributed by atoms with E-state index in [0.717, 1.165) is 0 Å². The Kier molecular flexibility index (Phi) is 6.85. The van der Waals surface area contributed by atoms with Gasteiger partial charge in [0.1, 0.15) is 10.6 Å². The minimum atomic E-state index is -0.591. The lowest BCUT2D eigenvalue weighted by molar-refractivity contribution is -0.385. The predicted octanol–water partition coefficient (Wildman–Crippen LogP) is 3.40. The van der Waals surface area contributed by atoms with Crippen molar-refractivity contribution in [3.05, 3.63) is 86.6 Å². The Morgan fingerprint density at radius 2 is 1.87 bits per heavy atom. The molecule has 1 amide bonds. The molecule has 0 atom stereocenters. The van der Waals surface area contributed by atoms with Crippen molar-refractivity contribution in [2.45, 2.75) is 0 Å². The third-order valence-corrected chi connectivity index (χ3v) is 4.49. The molecule has 9 nitrogen and oxygen atoms in total. The number of nitrogens with zero attached hydrogens (tertiary/aromatic N) is 2. The first kappa shape index (κ1) is 20.7. The second kappa shape index (κ2) is 9.94. The van der Waals surface area contributed by atoms with Gasteiger partial charge in [-0.2, -0.15) is 5.10 Å². The van der Waals surface area contributed by atoms with Crippen LogP contribution in [0.25, 0.3) is 0 Å². The molecule has 0 aliphatic carbocycles. The zero-order valence-electron chi connectivity index (χ0n) is 15.4. The molecule has 0 unspecified atom stereocenters. The van der Waals surface area contributed by atoms with Crippen LogP contribution in [0.15, 0.2) is 71.1 Å². The Balaban J connectivity index is 1.47. The van der Waals surface area contributed by atoms with Crippen LogP contribution in [0.5, 0.6) is 11.5 Å². The molecule has 0 saturated heterocycles. The molecule has 1 heterocycles. The average Bonchev–Trinajstić information content (AvgIpc) is 3.29. The van der Waals surface area contributed by atoms with E-state index in [-0.39, 0.29) is 11.4 Å². The van der Waals surface area contributed by atoms with Crippen LogP contribution in [-0.4, -0.2) is 29.6 Å². The lowest BCUT2D eigenvalue weighted by atomic mass is 10.2. The molecular formula is C20H15N3O6S. The summed E-state index contributed by atoms with van der Waals surface area (Å²) in [5.74, 6) is -0.634. The van der Waals surface area contributed by atoms with Gasteiger partial charge in [0.25, 0.3) is 5.91 Å². The van der Waals surface area contributed by atoms with Crippen LogP contribution in [0.4, 0.5) is 5.69 Å². The summed E-state index contributed by atoms with van der Waals surface area (Å²) in [7, 11) is 0. The molecule has 0 aliphatic heterocycles. The van der Waals surface area contributed by atoms with E-state index in [1.54, 1.807) is 47.8 Å². The number of thiophene rings is 1. The van der Waals surface area contributed by atoms with Crippen molar-refractivity contribution in [2.75, 3.05) is 6.61 Å². The van der Waals surface area contributed by atoms with Gasteiger partial charge < -0.3 is 9.47 Å². The first-order valence-electron chi connectivity index (χ1n) is 8.57. The fourth-order valence-electron chi connectivity index (χ4n) is 2.26. The normalized spacial score (nSPS) is 10.5. The molecule has 1 aromatic heterocycles. The van der Waals surface area contributed by atoms with E-state index in [0.29, 0.717) is 16.2 Å². The molecule has 30 heavy (non-hydrogen) atoms. The van der Waals surface area contributed by atoms with Crippen LogP contribution >= 0.6 is 11.3 Å². The first-order valence-corrected chi connectivity index (χ1v) is 9.45. The van der Waals surface area contributed by atoms with Crippen molar-refractivity contribution in [3.63, 3.8) is 0 Å². The third-order valence-electron chi connectivity index (χ3n) is 3.64. The minimum absolute atomic E-state index is 0.00526. The molecule has 0 saturated carbocycles. The number of benzene rings is 2. The van der Waals surface area contributed by atoms with E-state index in [9.17, 15) is 19.7 Å². The number of hydrogen-bond acceptors (Lipinski definition) is 8. The minimum Gasteiger partial charge on any atom is -0.477 e. The van der Waals surface area contributed by atoms with Crippen LogP contribution in [0.2, 0.25) is 0 Å². The number of hydrazone groups is 1. The number of nitrogens with one attached hydrogen (secondary N) is 1. The Labute approximate surface area is 174 Å². The third kappa shape index (κ3) is 5.72. The largest absolute Gasteiger partial charge is 0.477 e. The predicted molar refractivity (Wildman–Crippen MR) is 110 cm³/mol. The Hall–Kier alpha value is -4.05. The first-order chi connectivity index (χ1) is 14.5. The van der Waals surface area contributed by atoms with Crippen LogP contribution < -0.4 is 14.9 Å². The zero-order valence-corrected chi connectivity index (χ0v) is 16.2. The summed E-state index contributed by atoms with van der Waals surface area (Å²) in [6.45, 7) is -0.431. The standard InChI is InChI=1S/C20H15N3O6S/c24-19(13-28-17-5-2-1-4-16(17)23(26)27)22-21-12-14-7-9-15(10-8-14)29-20(25)18-6-3-11-30-18/h1-12H,13H2,(H,22,24)/b21-12+. The van der Waals surface area contributed by atoms with Gasteiger partial charge in [0.05, 0.1) is 11.1 Å². The van der Waals surface area contributed by atoms with Gasteiger partial charge in [-0.25, -0.2) is 10.2 Å². The zero-order chi connectivity index (χ0) is 21.3. The monoisotopic (exact) mass is 425 g/mol. The summed E-state index contributed by atoms with van der Waals surface area (Å²) < 4.78 is 10.4. The summed E-state index contributed by atoms with van der Waals surface area (Å²) in [4.78, 5) is 34.5. The Bertz CT molecular complexity index is 1060. The molecule has 1 N–H and O–H groups in total. The molecule has 10 heteroatoms. The summed E-state index contributed by atoms with van der Waals surface area (Å²) in [6.07, 6.45) is 1.40. The van der Waals surface area contributed by atoms with E-state index < -0.39 is 23.4 Å². The van der Waals surface area contributed by atoms with Gasteiger partial charge in [-0.1, -0.05) is 18.2 Å². The number of nitro groups is 1. The lowest BCUT2D eigenvalue weighted by Crippen LogP contribution is -2.24. The number of rotatable bonds is 8. The quantitative estimate of drug-likeness (QED) is 0.194. The molecule has 3 rings (SSSR count). The average molecular weight is 425 g/mol. The van der Waals surface area contributed by atoms with Gasteiger partial charge in [0.2, 0.25) is 0 Å². The van der Waals surface area contributed by atoms with Crippen molar-refractivity contribution in [3.8, 4) is 11.5 Å². The van der Waals surface area contributed by atoms with Crippen molar-refractivity contribution in [1.29, 1.82) is 0 Å². The molecule has 2 aromatic carbocycles. The topological polar surface area (TPSA) is 120 Å². The summed E-state index contributed by atoms with van der Waals surface area (Å²) in [5, 5.41) is 16.5. The number of nitro benzene ring substituents is 1. The van der Waals surface area contributed by atoms with Gasteiger partial charge in [-0.15, -0.1) is 11.3 Å². The maximum atomic E-state index is 11.9. The lowest BCUT2D eigenvalue weighted by Gasteiger charge is -2.05. The number of amides is 1. The van der Waals surface area contributed by atoms with E-state index in [4.69, 9.17) is 9.47 Å². The molecular weight excluding hydrogens is 410 g/mol. The SMILES string of the molecule is O=C(COc1ccccc1[N+](=O)[O-])N/N=C/c1ccc(OC(=O)c2cccs2)cc1. The number of hydrogen-bond donors (Lipinski definition) is 1. The van der Waals surface area contributed by atoms with E-state index in [1.165, 1.54) is 35.8 Å².